The van der Waals surface area contributed by atoms with Crippen LogP contribution in [-0.4, -0.2) is 45.4 Å². The van der Waals surface area contributed by atoms with Gasteiger partial charge in [0.1, 0.15) is 6.54 Å². The smallest absolute Gasteiger partial charge is 0.244 e. The Morgan fingerprint density at radius 2 is 1.73 bits per heavy atom. The van der Waals surface area contributed by atoms with E-state index in [0.717, 1.165) is 41.8 Å². The second kappa shape index (κ2) is 9.13. The van der Waals surface area contributed by atoms with Gasteiger partial charge in [0.05, 0.1) is 38.6 Å². The van der Waals surface area contributed by atoms with Gasteiger partial charge in [-0.15, -0.1) is 0 Å². The second-order valence-electron chi connectivity index (χ2n) is 8.36. The van der Waals surface area contributed by atoms with Crippen molar-refractivity contribution < 1.29 is 23.8 Å². The minimum Gasteiger partial charge on any atom is -0.493 e. The first-order valence-corrected chi connectivity index (χ1v) is 11.0. The number of benzene rings is 2. The van der Waals surface area contributed by atoms with E-state index in [4.69, 9.17) is 19.2 Å². The zero-order valence-electron chi connectivity index (χ0n) is 19.7. The molecule has 0 spiro atoms. The summed E-state index contributed by atoms with van der Waals surface area (Å²) >= 11 is 0. The predicted octanol–water partition coefficient (Wildman–Crippen LogP) is 4.19. The number of carbonyl (C=O) groups excluding carboxylic acids is 2. The number of fused-ring (bicyclic) bond motifs is 2. The maximum Gasteiger partial charge on any atom is 0.244 e. The van der Waals surface area contributed by atoms with Gasteiger partial charge in [0, 0.05) is 23.5 Å². The van der Waals surface area contributed by atoms with Gasteiger partial charge in [0.2, 0.25) is 17.6 Å². The highest BCUT2D eigenvalue weighted by molar-refractivity contribution is 6.17. The molecule has 1 saturated carbocycles. The fourth-order valence-electron chi connectivity index (χ4n) is 4.44. The van der Waals surface area contributed by atoms with E-state index >= 15 is 0 Å². The number of amides is 2. The first-order valence-electron chi connectivity index (χ1n) is 11.0. The summed E-state index contributed by atoms with van der Waals surface area (Å²) in [6.45, 7) is 3.90. The summed E-state index contributed by atoms with van der Waals surface area (Å²) in [5.41, 5.74) is 4.95. The van der Waals surface area contributed by atoms with Gasteiger partial charge in [-0.05, 0) is 56.4 Å². The molecule has 0 bridgehead atoms. The van der Waals surface area contributed by atoms with E-state index in [1.807, 2.05) is 26.0 Å². The van der Waals surface area contributed by atoms with E-state index in [1.54, 1.807) is 17.0 Å². The summed E-state index contributed by atoms with van der Waals surface area (Å²) < 4.78 is 16.1. The molecule has 8 heteroatoms. The lowest BCUT2D eigenvalue weighted by Crippen LogP contribution is -2.42. The van der Waals surface area contributed by atoms with Crippen LogP contribution in [0.25, 0.3) is 0 Å². The van der Waals surface area contributed by atoms with Crippen molar-refractivity contribution in [1.29, 1.82) is 0 Å². The van der Waals surface area contributed by atoms with Gasteiger partial charge >= 0.3 is 0 Å². The summed E-state index contributed by atoms with van der Waals surface area (Å²) in [6.07, 6.45) is 2.50. The number of nitrogens with one attached hydrogen (secondary N) is 1. The van der Waals surface area contributed by atoms with Crippen molar-refractivity contribution in [2.45, 2.75) is 33.1 Å². The number of aliphatic imine (C=N–C) groups is 1. The Balaban J connectivity index is 1.64. The summed E-state index contributed by atoms with van der Waals surface area (Å²) in [5.74, 6) is 0.617. The average molecular weight is 452 g/mol. The van der Waals surface area contributed by atoms with E-state index in [1.165, 1.54) is 21.3 Å². The van der Waals surface area contributed by atoms with E-state index in [-0.39, 0.29) is 24.3 Å². The standard InChI is InChI=1S/C25H29N3O5/c1-14-9-19-20(10-15(14)2)28(25(30)17-7-6-8-18(17)27-19)13-23(29)26-16-11-21(31-3)24(33-5)22(12-16)32-4/h9-12,17H,6-8,13H2,1-5H3,(H,26,29)/t17-/m0/s1. The Labute approximate surface area is 193 Å². The molecule has 0 saturated heterocycles. The van der Waals surface area contributed by atoms with Crippen LogP contribution < -0.4 is 24.4 Å². The minimum atomic E-state index is -0.330. The van der Waals surface area contributed by atoms with Gasteiger partial charge in [-0.3, -0.25) is 14.6 Å². The van der Waals surface area contributed by atoms with Gasteiger partial charge in [-0.2, -0.15) is 0 Å². The molecule has 1 aliphatic heterocycles. The molecule has 2 aromatic carbocycles. The third-order valence-electron chi connectivity index (χ3n) is 6.29. The Morgan fingerprint density at radius 1 is 1.06 bits per heavy atom. The Morgan fingerprint density at radius 3 is 2.36 bits per heavy atom. The van der Waals surface area contributed by atoms with Crippen molar-refractivity contribution in [3.8, 4) is 17.2 Å². The largest absolute Gasteiger partial charge is 0.493 e. The Kier molecular flexibility index (Phi) is 6.26. The molecule has 0 radical (unpaired) electrons. The molecule has 2 amide bonds. The maximum absolute atomic E-state index is 13.5. The van der Waals surface area contributed by atoms with E-state index < -0.39 is 0 Å². The van der Waals surface area contributed by atoms with Crippen LogP contribution in [0.5, 0.6) is 17.2 Å². The van der Waals surface area contributed by atoms with Crippen LogP contribution in [0.1, 0.15) is 30.4 Å². The van der Waals surface area contributed by atoms with Gasteiger partial charge in [-0.1, -0.05) is 0 Å². The first kappa shape index (κ1) is 22.6. The van der Waals surface area contributed by atoms with Crippen LogP contribution >= 0.6 is 0 Å². The predicted molar refractivity (Wildman–Crippen MR) is 127 cm³/mol. The molecule has 33 heavy (non-hydrogen) atoms. The van der Waals surface area contributed by atoms with Gasteiger partial charge in [0.15, 0.2) is 11.5 Å². The number of anilines is 2. The normalized spacial score (nSPS) is 17.0. The quantitative estimate of drug-likeness (QED) is 0.711. The van der Waals surface area contributed by atoms with E-state index in [2.05, 4.69) is 5.32 Å². The molecule has 4 rings (SSSR count). The second-order valence-corrected chi connectivity index (χ2v) is 8.36. The molecule has 1 heterocycles. The Bertz CT molecular complexity index is 1120. The molecule has 2 aromatic rings. The van der Waals surface area contributed by atoms with E-state index in [0.29, 0.717) is 28.6 Å². The molecule has 174 valence electrons. The highest BCUT2D eigenvalue weighted by atomic mass is 16.5. The third-order valence-corrected chi connectivity index (χ3v) is 6.29. The van der Waals surface area contributed by atoms with Crippen LogP contribution in [0.3, 0.4) is 0 Å². The third kappa shape index (κ3) is 4.25. The number of hydrogen-bond donors (Lipinski definition) is 1. The van der Waals surface area contributed by atoms with Crippen molar-refractivity contribution in [3.05, 3.63) is 35.4 Å². The number of hydrogen-bond acceptors (Lipinski definition) is 6. The molecule has 0 aromatic heterocycles. The minimum absolute atomic E-state index is 0.0757. The fraction of sp³-hybridized carbons (Fsp3) is 0.400. The molecule has 1 aliphatic carbocycles. The maximum atomic E-state index is 13.5. The van der Waals surface area contributed by atoms with Gasteiger partial charge in [-0.25, -0.2) is 0 Å². The molecular weight excluding hydrogens is 422 g/mol. The molecule has 8 nitrogen and oxygen atoms in total. The highest BCUT2D eigenvalue weighted by Gasteiger charge is 2.37. The number of carbonyl (C=O) groups is 2. The van der Waals surface area contributed by atoms with Crippen LogP contribution in [0.2, 0.25) is 0 Å². The van der Waals surface area contributed by atoms with Crippen molar-refractivity contribution in [2.24, 2.45) is 10.9 Å². The number of nitrogens with zero attached hydrogens (tertiary/aromatic N) is 2. The monoisotopic (exact) mass is 451 g/mol. The fourth-order valence-corrected chi connectivity index (χ4v) is 4.44. The topological polar surface area (TPSA) is 89.5 Å². The number of rotatable bonds is 6. The van der Waals surface area contributed by atoms with Crippen molar-refractivity contribution in [1.82, 2.24) is 0 Å². The van der Waals surface area contributed by atoms with Crippen molar-refractivity contribution >= 4 is 34.6 Å². The average Bonchev–Trinajstić information content (AvgIpc) is 3.23. The van der Waals surface area contributed by atoms with Crippen molar-refractivity contribution in [3.63, 3.8) is 0 Å². The van der Waals surface area contributed by atoms with Crippen molar-refractivity contribution in [2.75, 3.05) is 38.1 Å². The molecule has 1 fully saturated rings. The van der Waals surface area contributed by atoms with Gasteiger partial charge < -0.3 is 24.4 Å². The molecule has 1 N–H and O–H groups in total. The zero-order valence-corrected chi connectivity index (χ0v) is 19.7. The molecule has 2 aliphatic rings. The van der Waals surface area contributed by atoms with Crippen LogP contribution in [0, 0.1) is 19.8 Å². The summed E-state index contributed by atoms with van der Waals surface area (Å²) in [7, 11) is 4.54. The molecule has 1 atom stereocenters. The zero-order chi connectivity index (χ0) is 23.7. The van der Waals surface area contributed by atoms with Crippen LogP contribution in [-0.2, 0) is 9.59 Å². The number of methoxy groups -OCH3 is 3. The van der Waals surface area contributed by atoms with Crippen LogP contribution in [0.15, 0.2) is 29.3 Å². The Hall–Kier alpha value is -3.55. The molecular formula is C25H29N3O5. The molecule has 0 unspecified atom stereocenters. The summed E-state index contributed by atoms with van der Waals surface area (Å²) in [4.78, 5) is 33.0. The lowest BCUT2D eigenvalue weighted by Gasteiger charge is -2.25. The summed E-state index contributed by atoms with van der Waals surface area (Å²) in [5, 5.41) is 2.86. The van der Waals surface area contributed by atoms with Gasteiger partial charge in [0.25, 0.3) is 0 Å². The summed E-state index contributed by atoms with van der Waals surface area (Å²) in [6, 6.07) is 7.25. The lowest BCUT2D eigenvalue weighted by molar-refractivity contribution is -0.122. The SMILES string of the molecule is COc1cc(NC(=O)CN2C(=O)[C@H]3CCCC3=Nc3cc(C)c(C)cc32)cc(OC)c1OC. The van der Waals surface area contributed by atoms with E-state index in [9.17, 15) is 9.59 Å². The van der Waals surface area contributed by atoms with Crippen LogP contribution in [0.4, 0.5) is 17.1 Å². The number of ether oxygens (including phenoxy) is 3. The first-order chi connectivity index (χ1) is 15.9. The highest BCUT2D eigenvalue weighted by Crippen LogP contribution is 2.41. The lowest BCUT2D eigenvalue weighted by atomic mass is 10.0. The number of aryl methyl sites for hydroxylation is 2.